The minimum atomic E-state index is -1.10. The molecular formula is C25H33N6O4S+. The van der Waals surface area contributed by atoms with Gasteiger partial charge in [-0.15, -0.1) is 4.68 Å². The number of aromatic nitrogens is 4. The molecule has 0 saturated heterocycles. The Labute approximate surface area is 215 Å². The molecule has 0 bridgehead atoms. The fourth-order valence-corrected chi connectivity index (χ4v) is 4.07. The van der Waals surface area contributed by atoms with Crippen LogP contribution >= 0.6 is 11.9 Å². The smallest absolute Gasteiger partial charge is 0.326 e. The zero-order valence-corrected chi connectivity index (χ0v) is 21.6. The second kappa shape index (κ2) is 13.1. The molecule has 3 rings (SSSR count). The van der Waals surface area contributed by atoms with E-state index < -0.39 is 11.6 Å². The first-order chi connectivity index (χ1) is 17.3. The molecule has 0 aliphatic heterocycles. The van der Waals surface area contributed by atoms with Crippen molar-refractivity contribution in [2.24, 2.45) is 5.73 Å². The Balaban J connectivity index is 1.85. The van der Waals surface area contributed by atoms with Crippen molar-refractivity contribution >= 4 is 23.8 Å². The van der Waals surface area contributed by atoms with Gasteiger partial charge in [-0.2, -0.15) is 0 Å². The van der Waals surface area contributed by atoms with E-state index in [-0.39, 0.29) is 31.4 Å². The van der Waals surface area contributed by atoms with Crippen LogP contribution in [0.5, 0.6) is 0 Å². The summed E-state index contributed by atoms with van der Waals surface area (Å²) in [5, 5.41) is 11.6. The van der Waals surface area contributed by atoms with Crippen molar-refractivity contribution in [3.05, 3.63) is 77.6 Å². The number of nitrogens with one attached hydrogen (secondary N) is 1. The number of benzene rings is 2. The molecule has 1 heterocycles. The number of nitrogens with zero attached hydrogens (tertiary/aromatic N) is 4. The van der Waals surface area contributed by atoms with E-state index in [2.05, 4.69) is 15.6 Å². The zero-order chi connectivity index (χ0) is 26.0. The van der Waals surface area contributed by atoms with Crippen LogP contribution in [0.4, 0.5) is 0 Å². The number of carbonyl (C=O) groups is 2. The Kier molecular flexibility index (Phi) is 9.97. The zero-order valence-electron chi connectivity index (χ0n) is 20.8. The second-order valence-electron chi connectivity index (χ2n) is 8.76. The van der Waals surface area contributed by atoms with Gasteiger partial charge in [0.25, 0.3) is 0 Å². The largest absolute Gasteiger partial charge is 0.469 e. The van der Waals surface area contributed by atoms with Gasteiger partial charge in [0.1, 0.15) is 17.7 Å². The maximum atomic E-state index is 12.8. The highest BCUT2D eigenvalue weighted by atomic mass is 32.2. The van der Waals surface area contributed by atoms with Crippen LogP contribution in [0.2, 0.25) is 0 Å². The van der Waals surface area contributed by atoms with E-state index in [1.54, 1.807) is 22.7 Å². The summed E-state index contributed by atoms with van der Waals surface area (Å²) in [7, 11) is 1.34. The summed E-state index contributed by atoms with van der Waals surface area (Å²) < 4.78 is 14.1. The number of hydrogen-bond acceptors (Lipinski definition) is 8. The lowest BCUT2D eigenvalue weighted by Crippen LogP contribution is -2.54. The summed E-state index contributed by atoms with van der Waals surface area (Å²) in [6, 6.07) is 19.0. The Bertz CT molecular complexity index is 1120. The van der Waals surface area contributed by atoms with Crippen LogP contribution in [0.1, 0.15) is 43.3 Å². The molecule has 3 aromatic rings. The Morgan fingerprint density at radius 3 is 2.36 bits per heavy atom. The van der Waals surface area contributed by atoms with Crippen LogP contribution in [0.25, 0.3) is 0 Å². The Hall–Kier alpha value is -3.28. The fourth-order valence-electron chi connectivity index (χ4n) is 3.22. The lowest BCUT2D eigenvalue weighted by atomic mass is 10.1. The molecule has 1 atom stereocenters. The third-order valence-corrected chi connectivity index (χ3v) is 6.20. The molecule has 0 radical (unpaired) electrons. The maximum Gasteiger partial charge on any atom is 0.326 e. The van der Waals surface area contributed by atoms with Crippen molar-refractivity contribution < 1.29 is 23.7 Å². The quantitative estimate of drug-likeness (QED) is 0.262. The summed E-state index contributed by atoms with van der Waals surface area (Å²) in [6.07, 6.45) is 0.112. The molecule has 11 heteroatoms. The first-order valence-corrected chi connectivity index (χ1v) is 12.5. The van der Waals surface area contributed by atoms with Crippen LogP contribution in [0, 0.1) is 0 Å². The summed E-state index contributed by atoms with van der Waals surface area (Å²) in [5.41, 5.74) is 7.04. The predicted octanol–water partition coefficient (Wildman–Crippen LogP) is 1.94. The van der Waals surface area contributed by atoms with Gasteiger partial charge in [-0.05, 0) is 25.0 Å². The van der Waals surface area contributed by atoms with Gasteiger partial charge in [0.2, 0.25) is 5.91 Å². The standard InChI is InChI=1S/C25H32N6O4S/c1-25(2,26)24(33)27-21(17-35-16-19-10-6-4-7-11-19)23-28-29-31(30(23)15-14-22(32)34-3)36-18-20-12-8-5-9-13-20/h4-13,21H,14-18,26H2,1-3H3/p+1/t21-/m1/s1. The highest BCUT2D eigenvalue weighted by Gasteiger charge is 2.34. The van der Waals surface area contributed by atoms with Gasteiger partial charge in [-0.3, -0.25) is 9.59 Å². The van der Waals surface area contributed by atoms with Crippen LogP contribution in [-0.4, -0.2) is 45.6 Å². The maximum absolute atomic E-state index is 12.8. The SMILES string of the molecule is COC(=O)CC[n+]1c([C@@H](COCc2ccccc2)NC(=O)C(C)(C)N)nnn1SCc1ccccc1. The van der Waals surface area contributed by atoms with Crippen molar-refractivity contribution in [3.8, 4) is 0 Å². The first kappa shape index (κ1) is 27.3. The predicted molar refractivity (Wildman–Crippen MR) is 135 cm³/mol. The van der Waals surface area contributed by atoms with E-state index in [0.717, 1.165) is 11.1 Å². The van der Waals surface area contributed by atoms with E-state index in [1.165, 1.54) is 19.1 Å². The van der Waals surface area contributed by atoms with E-state index in [4.69, 9.17) is 15.2 Å². The molecule has 192 valence electrons. The van der Waals surface area contributed by atoms with E-state index in [1.807, 2.05) is 60.7 Å². The van der Waals surface area contributed by atoms with E-state index in [9.17, 15) is 9.59 Å². The lowest BCUT2D eigenvalue weighted by molar-refractivity contribution is -0.770. The normalized spacial score (nSPS) is 12.2. The summed E-state index contributed by atoms with van der Waals surface area (Å²) in [5.74, 6) is 0.365. The summed E-state index contributed by atoms with van der Waals surface area (Å²) in [4.78, 5) is 24.7. The fraction of sp³-hybridized carbons (Fsp3) is 0.400. The molecule has 0 spiro atoms. The molecule has 0 unspecified atom stereocenters. The average Bonchev–Trinajstić information content (AvgIpc) is 3.28. The number of amides is 1. The number of esters is 1. The van der Waals surface area contributed by atoms with Crippen LogP contribution < -0.4 is 15.7 Å². The van der Waals surface area contributed by atoms with Crippen molar-refractivity contribution in [2.75, 3.05) is 13.7 Å². The van der Waals surface area contributed by atoms with Gasteiger partial charge >= 0.3 is 11.8 Å². The molecule has 0 aliphatic carbocycles. The number of rotatable bonds is 13. The molecule has 0 fully saturated rings. The number of tetrazole rings is 1. The second-order valence-corrected chi connectivity index (χ2v) is 9.63. The van der Waals surface area contributed by atoms with Crippen molar-refractivity contribution in [1.82, 2.24) is 19.8 Å². The van der Waals surface area contributed by atoms with Gasteiger partial charge in [0.15, 0.2) is 5.21 Å². The first-order valence-electron chi connectivity index (χ1n) is 11.6. The Morgan fingerprint density at radius 1 is 1.11 bits per heavy atom. The molecule has 2 aromatic carbocycles. The van der Waals surface area contributed by atoms with E-state index >= 15 is 0 Å². The average molecular weight is 514 g/mol. The van der Waals surface area contributed by atoms with Gasteiger partial charge in [-0.1, -0.05) is 60.7 Å². The van der Waals surface area contributed by atoms with Crippen LogP contribution in [0.3, 0.4) is 0 Å². The van der Waals surface area contributed by atoms with Crippen LogP contribution in [0.15, 0.2) is 60.7 Å². The third-order valence-electron chi connectivity index (χ3n) is 5.24. The van der Waals surface area contributed by atoms with Gasteiger partial charge in [-0.25, -0.2) is 0 Å². The number of ether oxygens (including phenoxy) is 2. The third kappa shape index (κ3) is 8.14. The highest BCUT2D eigenvalue weighted by Crippen LogP contribution is 2.15. The molecule has 36 heavy (non-hydrogen) atoms. The molecule has 0 saturated carbocycles. The number of hydrogen-bond donors (Lipinski definition) is 2. The van der Waals surface area contributed by atoms with E-state index in [0.29, 0.717) is 18.2 Å². The molecule has 1 aromatic heterocycles. The molecule has 1 amide bonds. The monoisotopic (exact) mass is 513 g/mol. The van der Waals surface area contributed by atoms with Gasteiger partial charge in [0.05, 0.1) is 32.3 Å². The van der Waals surface area contributed by atoms with Gasteiger partial charge < -0.3 is 20.5 Å². The number of nitrogens with two attached hydrogens (primary N) is 1. The highest BCUT2D eigenvalue weighted by molar-refractivity contribution is 7.96. The lowest BCUT2D eigenvalue weighted by Gasteiger charge is -2.22. The van der Waals surface area contributed by atoms with Crippen LogP contribution in [-0.2, 0) is 38.0 Å². The molecule has 0 aliphatic rings. The molecular weight excluding hydrogens is 480 g/mol. The summed E-state index contributed by atoms with van der Waals surface area (Å²) >= 11 is 1.42. The molecule has 10 nitrogen and oxygen atoms in total. The Morgan fingerprint density at radius 2 is 1.75 bits per heavy atom. The minimum Gasteiger partial charge on any atom is -0.469 e. The minimum absolute atomic E-state index is 0.112. The topological polar surface area (TPSA) is 125 Å². The summed E-state index contributed by atoms with van der Waals surface area (Å²) in [6.45, 7) is 4.01. The van der Waals surface area contributed by atoms with Crippen molar-refractivity contribution in [1.29, 1.82) is 0 Å². The number of carbonyl (C=O) groups excluding carboxylic acids is 2. The molecule has 3 N–H and O–H groups in total. The number of methoxy groups -OCH3 is 1. The van der Waals surface area contributed by atoms with Crippen molar-refractivity contribution in [3.63, 3.8) is 0 Å². The van der Waals surface area contributed by atoms with Crippen molar-refractivity contribution in [2.45, 2.75) is 50.8 Å². The van der Waals surface area contributed by atoms with Gasteiger partial charge in [0, 0.05) is 21.9 Å².